The molecule has 0 aliphatic rings. The first-order chi connectivity index (χ1) is 19.9. The van der Waals surface area contributed by atoms with E-state index in [4.69, 9.17) is 10.5 Å². The van der Waals surface area contributed by atoms with E-state index in [9.17, 15) is 14.4 Å². The molecule has 9 nitrogen and oxygen atoms in total. The second kappa shape index (κ2) is 14.3. The summed E-state index contributed by atoms with van der Waals surface area (Å²) < 4.78 is 5.35. The molecule has 4 rings (SSSR count). The number of benzene rings is 3. The first kappa shape index (κ1) is 29.6. The Balaban J connectivity index is 1.60. The lowest BCUT2D eigenvalue weighted by Crippen LogP contribution is -2.55. The summed E-state index contributed by atoms with van der Waals surface area (Å²) in [5.74, 6) is -0.743. The quantitative estimate of drug-likeness (QED) is 0.185. The van der Waals surface area contributed by atoms with E-state index in [2.05, 4.69) is 15.6 Å². The monoisotopic (exact) mass is 557 g/mol. The van der Waals surface area contributed by atoms with Crippen molar-refractivity contribution < 1.29 is 19.1 Å². The van der Waals surface area contributed by atoms with Crippen LogP contribution in [0.4, 0.5) is 4.79 Å². The van der Waals surface area contributed by atoms with Gasteiger partial charge in [0.1, 0.15) is 12.1 Å². The molecule has 0 radical (unpaired) electrons. The van der Waals surface area contributed by atoms with Crippen LogP contribution in [0.1, 0.15) is 30.9 Å². The van der Waals surface area contributed by atoms with Crippen LogP contribution in [-0.2, 0) is 27.2 Å². The van der Waals surface area contributed by atoms with Crippen molar-refractivity contribution in [2.45, 2.75) is 44.7 Å². The first-order valence-corrected chi connectivity index (χ1v) is 14.1. The number of hydrogen-bond donors (Lipinski definition) is 4. The van der Waals surface area contributed by atoms with Crippen molar-refractivity contribution in [1.29, 1.82) is 0 Å². The lowest BCUT2D eigenvalue weighted by molar-refractivity contribution is -0.131. The average Bonchev–Trinajstić information content (AvgIpc) is 3.40. The Kier molecular flexibility index (Phi) is 10.3. The van der Waals surface area contributed by atoms with E-state index in [1.54, 1.807) is 7.05 Å². The summed E-state index contributed by atoms with van der Waals surface area (Å²) in [4.78, 5) is 44.6. The van der Waals surface area contributed by atoms with Crippen LogP contribution in [0.25, 0.3) is 21.7 Å². The van der Waals surface area contributed by atoms with E-state index in [-0.39, 0.29) is 25.4 Å². The topological polar surface area (TPSA) is 130 Å². The highest BCUT2D eigenvalue weighted by molar-refractivity contribution is 5.92. The van der Waals surface area contributed by atoms with Crippen molar-refractivity contribution in [3.05, 3.63) is 84.1 Å². The van der Waals surface area contributed by atoms with Crippen molar-refractivity contribution in [1.82, 2.24) is 20.5 Å². The third-order valence-electron chi connectivity index (χ3n) is 7.14. The normalized spacial score (nSPS) is 12.6. The SMILES string of the molecule is CCCOC(=O)N(C)C(Cc1c[nH]c2ccccc12)C(=O)NC(Cc1ccc2ccccc2c1)C(=O)NCCCN. The van der Waals surface area contributed by atoms with Crippen LogP contribution in [0.2, 0.25) is 0 Å². The fourth-order valence-corrected chi connectivity index (χ4v) is 4.85. The lowest BCUT2D eigenvalue weighted by Gasteiger charge is -2.28. The molecule has 0 aliphatic heterocycles. The average molecular weight is 558 g/mol. The van der Waals surface area contributed by atoms with E-state index in [0.717, 1.165) is 32.8 Å². The Bertz CT molecular complexity index is 1480. The summed E-state index contributed by atoms with van der Waals surface area (Å²) in [6.07, 6.45) is 3.07. The van der Waals surface area contributed by atoms with Crippen molar-refractivity contribution in [3.63, 3.8) is 0 Å². The van der Waals surface area contributed by atoms with Crippen LogP contribution in [0.15, 0.2) is 72.9 Å². The Morgan fingerprint density at radius 2 is 1.73 bits per heavy atom. The minimum absolute atomic E-state index is 0.241. The Morgan fingerprint density at radius 3 is 2.51 bits per heavy atom. The smallest absolute Gasteiger partial charge is 0.410 e. The second-order valence-corrected chi connectivity index (χ2v) is 10.2. The van der Waals surface area contributed by atoms with Gasteiger partial charge in [-0.3, -0.25) is 14.5 Å². The van der Waals surface area contributed by atoms with Gasteiger partial charge < -0.3 is 26.1 Å². The number of para-hydroxylation sites is 1. The largest absolute Gasteiger partial charge is 0.449 e. The molecule has 5 N–H and O–H groups in total. The number of nitrogens with zero attached hydrogens (tertiary/aromatic N) is 1. The van der Waals surface area contributed by atoms with Gasteiger partial charge in [0.25, 0.3) is 0 Å². The number of hydrogen-bond acceptors (Lipinski definition) is 5. The maximum Gasteiger partial charge on any atom is 0.410 e. The van der Waals surface area contributed by atoms with Crippen molar-refractivity contribution in [2.24, 2.45) is 5.73 Å². The zero-order valence-electron chi connectivity index (χ0n) is 23.7. The van der Waals surface area contributed by atoms with E-state index < -0.39 is 24.1 Å². The molecule has 1 heterocycles. The van der Waals surface area contributed by atoms with E-state index >= 15 is 0 Å². The summed E-state index contributed by atoms with van der Waals surface area (Å²) in [6.45, 7) is 3.00. The van der Waals surface area contributed by atoms with Gasteiger partial charge in [-0.1, -0.05) is 67.6 Å². The zero-order valence-corrected chi connectivity index (χ0v) is 23.7. The Hall–Kier alpha value is -4.37. The number of amides is 3. The second-order valence-electron chi connectivity index (χ2n) is 10.2. The number of carbonyl (C=O) groups is 3. The van der Waals surface area contributed by atoms with E-state index in [1.165, 1.54) is 4.90 Å². The molecule has 2 atom stereocenters. The number of likely N-dealkylation sites (N-methyl/N-ethyl adjacent to an activating group) is 1. The number of carbonyl (C=O) groups excluding carboxylic acids is 3. The van der Waals surface area contributed by atoms with Gasteiger partial charge in [-0.25, -0.2) is 4.79 Å². The lowest BCUT2D eigenvalue weighted by atomic mass is 9.99. The summed E-state index contributed by atoms with van der Waals surface area (Å²) in [7, 11) is 1.55. The number of H-pyrrole nitrogens is 1. The Morgan fingerprint density at radius 1 is 0.976 bits per heavy atom. The van der Waals surface area contributed by atoms with Gasteiger partial charge in [-0.15, -0.1) is 0 Å². The van der Waals surface area contributed by atoms with Crippen LogP contribution in [0.5, 0.6) is 0 Å². The number of rotatable bonds is 13. The molecule has 216 valence electrons. The van der Waals surface area contributed by atoms with Crippen molar-refractivity contribution >= 4 is 39.6 Å². The predicted octanol–water partition coefficient (Wildman–Crippen LogP) is 3.90. The number of aromatic amines is 1. The third-order valence-corrected chi connectivity index (χ3v) is 7.14. The number of fused-ring (bicyclic) bond motifs is 2. The van der Waals surface area contributed by atoms with Gasteiger partial charge in [-0.2, -0.15) is 0 Å². The third kappa shape index (κ3) is 7.64. The van der Waals surface area contributed by atoms with Crippen molar-refractivity contribution in [3.8, 4) is 0 Å². The molecule has 0 saturated carbocycles. The predicted molar refractivity (Wildman–Crippen MR) is 161 cm³/mol. The molecule has 9 heteroatoms. The van der Waals surface area contributed by atoms with Gasteiger partial charge in [0.05, 0.1) is 6.61 Å². The molecule has 3 aromatic carbocycles. The highest BCUT2D eigenvalue weighted by Crippen LogP contribution is 2.21. The number of aromatic nitrogens is 1. The molecule has 1 aromatic heterocycles. The molecule has 2 unspecified atom stereocenters. The minimum Gasteiger partial charge on any atom is -0.449 e. The zero-order chi connectivity index (χ0) is 29.2. The molecule has 0 fully saturated rings. The number of nitrogens with one attached hydrogen (secondary N) is 3. The molecular weight excluding hydrogens is 518 g/mol. The van der Waals surface area contributed by atoms with Crippen LogP contribution in [0, 0.1) is 0 Å². The molecule has 0 saturated heterocycles. The van der Waals surface area contributed by atoms with Gasteiger partial charge in [0.2, 0.25) is 11.8 Å². The molecular formula is C32H39N5O4. The summed E-state index contributed by atoms with van der Waals surface area (Å²) >= 11 is 0. The van der Waals surface area contributed by atoms with Gasteiger partial charge in [0, 0.05) is 43.5 Å². The number of nitrogens with two attached hydrogens (primary N) is 1. The summed E-state index contributed by atoms with van der Waals surface area (Å²) in [5, 5.41) is 8.95. The van der Waals surface area contributed by atoms with Gasteiger partial charge >= 0.3 is 6.09 Å². The highest BCUT2D eigenvalue weighted by atomic mass is 16.6. The van der Waals surface area contributed by atoms with Gasteiger partial charge in [0.15, 0.2) is 0 Å². The molecule has 4 aromatic rings. The summed E-state index contributed by atoms with van der Waals surface area (Å²) in [5.41, 5.74) is 8.34. The minimum atomic E-state index is -0.908. The number of ether oxygens (including phenoxy) is 1. The molecule has 3 amide bonds. The highest BCUT2D eigenvalue weighted by Gasteiger charge is 2.32. The van der Waals surface area contributed by atoms with Crippen molar-refractivity contribution in [2.75, 3.05) is 26.7 Å². The standard InChI is InChI=1S/C32H39N5O4/c1-3-17-41-32(40)37(2)29(20-25-21-35-27-12-7-6-11-26(25)27)31(39)36-28(30(38)34-16-8-15-33)19-22-13-14-23-9-4-5-10-24(23)18-22/h4-7,9-14,18,21,28-29,35H,3,8,15-17,19-20,33H2,1-2H3,(H,34,38)(H,36,39). The fourth-order valence-electron chi connectivity index (χ4n) is 4.85. The molecule has 41 heavy (non-hydrogen) atoms. The fraction of sp³-hybridized carbons (Fsp3) is 0.344. The van der Waals surface area contributed by atoms with Crippen LogP contribution in [-0.4, -0.2) is 66.6 Å². The first-order valence-electron chi connectivity index (χ1n) is 14.1. The van der Waals surface area contributed by atoms with Crippen LogP contribution >= 0.6 is 0 Å². The Labute approximate surface area is 240 Å². The van der Waals surface area contributed by atoms with E-state index in [0.29, 0.717) is 25.9 Å². The molecule has 0 spiro atoms. The molecule has 0 bridgehead atoms. The summed E-state index contributed by atoms with van der Waals surface area (Å²) in [6, 6.07) is 20.0. The van der Waals surface area contributed by atoms with Crippen LogP contribution < -0.4 is 16.4 Å². The van der Waals surface area contributed by atoms with Gasteiger partial charge in [-0.05, 0) is 47.4 Å². The van der Waals surface area contributed by atoms with Crippen LogP contribution in [0.3, 0.4) is 0 Å². The maximum absolute atomic E-state index is 13.9. The van der Waals surface area contributed by atoms with E-state index in [1.807, 2.05) is 79.9 Å². The maximum atomic E-state index is 13.9. The molecule has 0 aliphatic carbocycles.